The molecule has 1 aromatic carbocycles. The van der Waals surface area contributed by atoms with Gasteiger partial charge in [-0.15, -0.1) is 0 Å². The Hall–Kier alpha value is -1.88. The van der Waals surface area contributed by atoms with E-state index in [0.717, 1.165) is 5.56 Å². The van der Waals surface area contributed by atoms with E-state index in [1.807, 2.05) is 30.3 Å². The van der Waals surface area contributed by atoms with Crippen LogP contribution in [0.3, 0.4) is 0 Å². The van der Waals surface area contributed by atoms with E-state index in [9.17, 15) is 9.59 Å². The van der Waals surface area contributed by atoms with Crippen LogP contribution >= 0.6 is 0 Å². The van der Waals surface area contributed by atoms with E-state index in [1.54, 1.807) is 0 Å². The zero-order chi connectivity index (χ0) is 13.2. The molecule has 0 saturated heterocycles. The molecule has 0 heterocycles. The Morgan fingerprint density at radius 1 is 1.11 bits per heavy atom. The monoisotopic (exact) mass is 251 g/mol. The Bertz CT molecular complexity index is 378. The molecule has 1 N–H and O–H groups in total. The third kappa shape index (κ3) is 6.00. The maximum Gasteiger partial charge on any atom is 0.319 e. The Balaban J connectivity index is 2.09. The highest BCUT2D eigenvalue weighted by molar-refractivity contribution is 5.74. The smallest absolute Gasteiger partial charge is 0.319 e. The fourth-order valence-electron chi connectivity index (χ4n) is 1.32. The molecule has 0 radical (unpaired) electrons. The van der Waals surface area contributed by atoms with Crippen molar-refractivity contribution in [3.05, 3.63) is 35.9 Å². The highest BCUT2D eigenvalue weighted by atomic mass is 16.5. The van der Waals surface area contributed by atoms with E-state index in [2.05, 4.69) is 10.1 Å². The molecule has 98 valence electrons. The van der Waals surface area contributed by atoms with Crippen molar-refractivity contribution >= 4 is 11.9 Å². The minimum Gasteiger partial charge on any atom is -0.468 e. The van der Waals surface area contributed by atoms with Crippen LogP contribution in [0.2, 0.25) is 0 Å². The minimum absolute atomic E-state index is 0.00386. The van der Waals surface area contributed by atoms with Gasteiger partial charge in [-0.25, -0.2) is 0 Å². The van der Waals surface area contributed by atoms with Crippen molar-refractivity contribution in [3.63, 3.8) is 0 Å². The summed E-state index contributed by atoms with van der Waals surface area (Å²) in [5.74, 6) is -0.790. The fraction of sp³-hybridized carbons (Fsp3) is 0.385. The molecule has 0 aliphatic rings. The lowest BCUT2D eigenvalue weighted by atomic mass is 10.2. The van der Waals surface area contributed by atoms with Crippen LogP contribution in [0.15, 0.2) is 30.3 Å². The number of hydrogen-bond acceptors (Lipinski definition) is 5. The summed E-state index contributed by atoms with van der Waals surface area (Å²) in [6.07, 6.45) is 0.684. The van der Waals surface area contributed by atoms with Crippen LogP contribution in [0.25, 0.3) is 0 Å². The molecule has 0 spiro atoms. The van der Waals surface area contributed by atoms with Crippen LogP contribution in [0.4, 0.5) is 0 Å². The summed E-state index contributed by atoms with van der Waals surface area (Å²) in [5, 5.41) is 2.64. The third-order valence-electron chi connectivity index (χ3n) is 2.26. The minimum atomic E-state index is -0.410. The van der Waals surface area contributed by atoms with Crippen molar-refractivity contribution < 1.29 is 19.1 Å². The molecule has 0 amide bonds. The van der Waals surface area contributed by atoms with Gasteiger partial charge in [-0.2, -0.15) is 0 Å². The second-order valence-electron chi connectivity index (χ2n) is 3.64. The molecule has 5 nitrogen and oxygen atoms in total. The van der Waals surface area contributed by atoms with Crippen molar-refractivity contribution in [1.29, 1.82) is 0 Å². The summed E-state index contributed by atoms with van der Waals surface area (Å²) in [6, 6.07) is 9.77. The first-order chi connectivity index (χ1) is 8.72. The molecule has 1 rings (SSSR count). The number of ether oxygens (including phenoxy) is 2. The van der Waals surface area contributed by atoms with Crippen LogP contribution in [-0.4, -0.2) is 38.7 Å². The van der Waals surface area contributed by atoms with Gasteiger partial charge < -0.3 is 9.47 Å². The standard InChI is InChI=1S/C13H17NO4/c1-17-12(15)9-14-10-13(16)18-8-7-11-5-3-2-4-6-11/h2-6,14H,7-10H2,1H3. The van der Waals surface area contributed by atoms with Crippen molar-refractivity contribution in [3.8, 4) is 0 Å². The summed E-state index contributed by atoms with van der Waals surface area (Å²) < 4.78 is 9.43. The van der Waals surface area contributed by atoms with Gasteiger partial charge in [0.2, 0.25) is 0 Å². The summed E-state index contributed by atoms with van der Waals surface area (Å²) in [4.78, 5) is 22.0. The molecule has 0 aromatic heterocycles. The summed E-state index contributed by atoms with van der Waals surface area (Å²) >= 11 is 0. The van der Waals surface area contributed by atoms with Crippen molar-refractivity contribution in [2.24, 2.45) is 0 Å². The van der Waals surface area contributed by atoms with Gasteiger partial charge in [-0.3, -0.25) is 14.9 Å². The van der Waals surface area contributed by atoms with E-state index in [-0.39, 0.29) is 19.1 Å². The lowest BCUT2D eigenvalue weighted by molar-refractivity contribution is -0.143. The number of nitrogens with one attached hydrogen (secondary N) is 1. The SMILES string of the molecule is COC(=O)CNCC(=O)OCCc1ccccc1. The topological polar surface area (TPSA) is 64.6 Å². The largest absolute Gasteiger partial charge is 0.468 e. The average molecular weight is 251 g/mol. The highest BCUT2D eigenvalue weighted by Gasteiger charge is 2.04. The zero-order valence-electron chi connectivity index (χ0n) is 10.3. The molecule has 0 aliphatic heterocycles. The molecule has 0 unspecified atom stereocenters. The number of rotatable bonds is 7. The predicted octanol–water partition coefficient (Wildman–Crippen LogP) is 0.535. The van der Waals surface area contributed by atoms with Gasteiger partial charge in [-0.1, -0.05) is 30.3 Å². The van der Waals surface area contributed by atoms with Crippen LogP contribution in [-0.2, 0) is 25.5 Å². The lowest BCUT2D eigenvalue weighted by Gasteiger charge is -2.05. The zero-order valence-corrected chi connectivity index (χ0v) is 10.3. The first kappa shape index (κ1) is 14.2. The molecule has 0 fully saturated rings. The Morgan fingerprint density at radius 2 is 1.78 bits per heavy atom. The summed E-state index contributed by atoms with van der Waals surface area (Å²) in [6.45, 7) is 0.344. The molecule has 18 heavy (non-hydrogen) atoms. The number of carbonyl (C=O) groups excluding carboxylic acids is 2. The number of carbonyl (C=O) groups is 2. The van der Waals surface area contributed by atoms with E-state index in [4.69, 9.17) is 4.74 Å². The van der Waals surface area contributed by atoms with Gasteiger partial charge in [0.25, 0.3) is 0 Å². The summed E-state index contributed by atoms with van der Waals surface area (Å²) in [7, 11) is 1.29. The lowest BCUT2D eigenvalue weighted by Crippen LogP contribution is -2.30. The van der Waals surface area contributed by atoms with Gasteiger partial charge in [0, 0.05) is 6.42 Å². The van der Waals surface area contributed by atoms with E-state index >= 15 is 0 Å². The third-order valence-corrected chi connectivity index (χ3v) is 2.26. The molecule has 0 atom stereocenters. The molecular formula is C13H17NO4. The number of hydrogen-bond donors (Lipinski definition) is 1. The second kappa shape index (κ2) is 8.25. The Labute approximate surface area is 106 Å². The van der Waals surface area contributed by atoms with Crippen molar-refractivity contribution in [1.82, 2.24) is 5.32 Å². The Kier molecular flexibility index (Phi) is 6.50. The number of esters is 2. The molecule has 1 aromatic rings. The second-order valence-corrected chi connectivity index (χ2v) is 3.64. The molecule has 0 saturated carbocycles. The van der Waals surface area contributed by atoms with Crippen molar-refractivity contribution in [2.75, 3.05) is 26.8 Å². The first-order valence-electron chi connectivity index (χ1n) is 5.69. The summed E-state index contributed by atoms with van der Waals surface area (Å²) in [5.41, 5.74) is 1.12. The molecule has 5 heteroatoms. The Morgan fingerprint density at radius 3 is 2.44 bits per heavy atom. The van der Waals surface area contributed by atoms with Gasteiger partial charge in [-0.05, 0) is 5.56 Å². The van der Waals surface area contributed by atoms with Crippen molar-refractivity contribution in [2.45, 2.75) is 6.42 Å². The first-order valence-corrected chi connectivity index (χ1v) is 5.69. The highest BCUT2D eigenvalue weighted by Crippen LogP contribution is 1.99. The van der Waals surface area contributed by atoms with Crippen LogP contribution < -0.4 is 5.32 Å². The van der Waals surface area contributed by atoms with Gasteiger partial charge in [0.05, 0.1) is 26.8 Å². The van der Waals surface area contributed by atoms with E-state index < -0.39 is 5.97 Å². The normalized spacial score (nSPS) is 9.83. The molecule has 0 aliphatic carbocycles. The maximum absolute atomic E-state index is 11.3. The molecule has 0 bridgehead atoms. The van der Waals surface area contributed by atoms with Crippen LogP contribution in [0.5, 0.6) is 0 Å². The van der Waals surface area contributed by atoms with E-state index in [0.29, 0.717) is 13.0 Å². The number of methoxy groups -OCH3 is 1. The van der Waals surface area contributed by atoms with Gasteiger partial charge >= 0.3 is 11.9 Å². The van der Waals surface area contributed by atoms with E-state index in [1.165, 1.54) is 7.11 Å². The predicted molar refractivity (Wildman–Crippen MR) is 66.0 cm³/mol. The molecular weight excluding hydrogens is 234 g/mol. The van der Waals surface area contributed by atoms with Crippen LogP contribution in [0, 0.1) is 0 Å². The average Bonchev–Trinajstić information content (AvgIpc) is 2.39. The fourth-order valence-corrected chi connectivity index (χ4v) is 1.32. The van der Waals surface area contributed by atoms with Gasteiger partial charge in [0.15, 0.2) is 0 Å². The van der Waals surface area contributed by atoms with Gasteiger partial charge in [0.1, 0.15) is 0 Å². The quantitative estimate of drug-likeness (QED) is 0.716. The maximum atomic E-state index is 11.3. The van der Waals surface area contributed by atoms with Crippen LogP contribution in [0.1, 0.15) is 5.56 Å². The number of benzene rings is 1.